The summed E-state index contributed by atoms with van der Waals surface area (Å²) in [6.45, 7) is 8.16. The minimum absolute atomic E-state index is 0.115. The van der Waals surface area contributed by atoms with Crippen molar-refractivity contribution in [1.29, 1.82) is 0 Å². The summed E-state index contributed by atoms with van der Waals surface area (Å²) in [5.41, 5.74) is 6.70. The first-order chi connectivity index (χ1) is 8.38. The van der Waals surface area contributed by atoms with Crippen LogP contribution in [0.2, 0.25) is 0 Å². The SMILES string of the molecule is Cc1c(N)nc(C(C)(C)C)nc1OC1CCCC1. The Morgan fingerprint density at radius 2 is 1.78 bits per heavy atom. The number of nitrogen functional groups attached to an aromatic ring is 1. The average molecular weight is 249 g/mol. The summed E-state index contributed by atoms with van der Waals surface area (Å²) < 4.78 is 5.99. The molecule has 0 spiro atoms. The van der Waals surface area contributed by atoms with Gasteiger partial charge in [-0.15, -0.1) is 0 Å². The fourth-order valence-corrected chi connectivity index (χ4v) is 2.13. The Bertz CT molecular complexity index is 431. The molecule has 1 aliphatic carbocycles. The molecule has 1 fully saturated rings. The summed E-state index contributed by atoms with van der Waals surface area (Å²) in [5.74, 6) is 1.95. The topological polar surface area (TPSA) is 61.0 Å². The summed E-state index contributed by atoms with van der Waals surface area (Å²) in [6, 6.07) is 0. The second kappa shape index (κ2) is 4.75. The highest BCUT2D eigenvalue weighted by Crippen LogP contribution is 2.29. The van der Waals surface area contributed by atoms with E-state index in [1.54, 1.807) is 0 Å². The van der Waals surface area contributed by atoms with Gasteiger partial charge in [-0.2, -0.15) is 4.98 Å². The molecule has 2 rings (SSSR count). The number of rotatable bonds is 2. The van der Waals surface area contributed by atoms with Crippen LogP contribution < -0.4 is 10.5 Å². The third-order valence-electron chi connectivity index (χ3n) is 3.39. The van der Waals surface area contributed by atoms with Crippen molar-refractivity contribution in [2.45, 2.75) is 64.9 Å². The van der Waals surface area contributed by atoms with Crippen LogP contribution in [0.4, 0.5) is 5.82 Å². The van der Waals surface area contributed by atoms with Gasteiger partial charge in [0.15, 0.2) is 0 Å². The molecule has 1 heterocycles. The van der Waals surface area contributed by atoms with Gasteiger partial charge in [0.25, 0.3) is 0 Å². The molecule has 1 aromatic heterocycles. The van der Waals surface area contributed by atoms with Gasteiger partial charge in [0.2, 0.25) is 5.88 Å². The van der Waals surface area contributed by atoms with Crippen LogP contribution in [0.1, 0.15) is 57.8 Å². The smallest absolute Gasteiger partial charge is 0.222 e. The standard InChI is InChI=1S/C14H23N3O/c1-9-11(15)16-13(14(2,3)4)17-12(9)18-10-7-5-6-8-10/h10H,5-8H2,1-4H3,(H2,15,16,17). The quantitative estimate of drug-likeness (QED) is 0.875. The maximum absolute atomic E-state index is 5.99. The van der Waals surface area contributed by atoms with Crippen molar-refractivity contribution < 1.29 is 4.74 Å². The van der Waals surface area contributed by atoms with Gasteiger partial charge in [0.1, 0.15) is 17.7 Å². The van der Waals surface area contributed by atoms with E-state index in [2.05, 4.69) is 30.7 Å². The molecule has 0 atom stereocenters. The maximum atomic E-state index is 5.99. The predicted molar refractivity (Wildman–Crippen MR) is 72.8 cm³/mol. The number of ether oxygens (including phenoxy) is 1. The predicted octanol–water partition coefficient (Wildman–Crippen LogP) is 2.99. The van der Waals surface area contributed by atoms with Gasteiger partial charge < -0.3 is 10.5 Å². The van der Waals surface area contributed by atoms with Crippen LogP contribution in [0.15, 0.2) is 0 Å². The van der Waals surface area contributed by atoms with E-state index in [4.69, 9.17) is 10.5 Å². The second-order valence-electron chi connectivity index (χ2n) is 6.14. The Balaban J connectivity index is 2.30. The zero-order valence-corrected chi connectivity index (χ0v) is 11.8. The molecule has 18 heavy (non-hydrogen) atoms. The minimum Gasteiger partial charge on any atom is -0.474 e. The molecular formula is C14H23N3O. The maximum Gasteiger partial charge on any atom is 0.222 e. The molecule has 0 unspecified atom stereocenters. The first kappa shape index (κ1) is 13.1. The van der Waals surface area contributed by atoms with Crippen LogP contribution >= 0.6 is 0 Å². The lowest BCUT2D eigenvalue weighted by atomic mass is 9.95. The van der Waals surface area contributed by atoms with E-state index >= 15 is 0 Å². The fraction of sp³-hybridized carbons (Fsp3) is 0.714. The van der Waals surface area contributed by atoms with Gasteiger partial charge in [-0.1, -0.05) is 20.8 Å². The van der Waals surface area contributed by atoms with Gasteiger partial charge in [0, 0.05) is 5.41 Å². The summed E-state index contributed by atoms with van der Waals surface area (Å²) in [7, 11) is 0. The lowest BCUT2D eigenvalue weighted by Crippen LogP contribution is -2.20. The highest BCUT2D eigenvalue weighted by molar-refractivity contribution is 5.45. The number of hydrogen-bond acceptors (Lipinski definition) is 4. The molecule has 4 heteroatoms. The zero-order chi connectivity index (χ0) is 13.3. The largest absolute Gasteiger partial charge is 0.474 e. The van der Waals surface area contributed by atoms with E-state index in [1.165, 1.54) is 12.8 Å². The van der Waals surface area contributed by atoms with Crippen molar-refractivity contribution in [3.63, 3.8) is 0 Å². The third-order valence-corrected chi connectivity index (χ3v) is 3.39. The van der Waals surface area contributed by atoms with Crippen LogP contribution in [0.25, 0.3) is 0 Å². The molecule has 0 saturated heterocycles. The molecule has 4 nitrogen and oxygen atoms in total. The molecular weight excluding hydrogens is 226 g/mol. The van der Waals surface area contributed by atoms with Crippen LogP contribution in [-0.4, -0.2) is 16.1 Å². The molecule has 100 valence electrons. The van der Waals surface area contributed by atoms with Crippen LogP contribution in [0.3, 0.4) is 0 Å². The summed E-state index contributed by atoms with van der Waals surface area (Å²) in [4.78, 5) is 8.92. The van der Waals surface area contributed by atoms with Gasteiger partial charge in [-0.25, -0.2) is 4.98 Å². The molecule has 0 aromatic carbocycles. The van der Waals surface area contributed by atoms with Crippen LogP contribution in [0.5, 0.6) is 5.88 Å². The van der Waals surface area contributed by atoms with E-state index in [9.17, 15) is 0 Å². The molecule has 0 aliphatic heterocycles. The summed E-state index contributed by atoms with van der Waals surface area (Å²) in [6.07, 6.45) is 5.03. The van der Waals surface area contributed by atoms with Crippen molar-refractivity contribution >= 4 is 5.82 Å². The fourth-order valence-electron chi connectivity index (χ4n) is 2.13. The highest BCUT2D eigenvalue weighted by Gasteiger charge is 2.23. The Kier molecular flexibility index (Phi) is 3.46. The van der Waals surface area contributed by atoms with E-state index < -0.39 is 0 Å². The lowest BCUT2D eigenvalue weighted by Gasteiger charge is -2.21. The Morgan fingerprint density at radius 1 is 1.17 bits per heavy atom. The highest BCUT2D eigenvalue weighted by atomic mass is 16.5. The van der Waals surface area contributed by atoms with Crippen molar-refractivity contribution in [2.24, 2.45) is 0 Å². The van der Waals surface area contributed by atoms with E-state index in [1.807, 2.05) is 6.92 Å². The monoisotopic (exact) mass is 249 g/mol. The molecule has 1 aromatic rings. The molecule has 1 aliphatic rings. The Morgan fingerprint density at radius 3 is 2.33 bits per heavy atom. The number of anilines is 1. The summed E-state index contributed by atoms with van der Waals surface area (Å²) in [5, 5.41) is 0. The number of hydrogen-bond donors (Lipinski definition) is 1. The minimum atomic E-state index is -0.115. The molecule has 0 bridgehead atoms. The van der Waals surface area contributed by atoms with E-state index in [0.717, 1.165) is 24.2 Å². The molecule has 0 amide bonds. The van der Waals surface area contributed by atoms with Crippen molar-refractivity contribution in [3.8, 4) is 5.88 Å². The van der Waals surface area contributed by atoms with Gasteiger partial charge in [-0.05, 0) is 32.6 Å². The van der Waals surface area contributed by atoms with Gasteiger partial charge in [-0.3, -0.25) is 0 Å². The van der Waals surface area contributed by atoms with Crippen molar-refractivity contribution in [1.82, 2.24) is 9.97 Å². The first-order valence-corrected chi connectivity index (χ1v) is 6.69. The number of aromatic nitrogens is 2. The second-order valence-corrected chi connectivity index (χ2v) is 6.14. The molecule has 2 N–H and O–H groups in total. The molecule has 0 radical (unpaired) electrons. The van der Waals surface area contributed by atoms with Crippen LogP contribution in [0, 0.1) is 6.92 Å². The Labute approximate surface area is 109 Å². The lowest BCUT2D eigenvalue weighted by molar-refractivity contribution is 0.198. The normalized spacial score (nSPS) is 17.1. The zero-order valence-electron chi connectivity index (χ0n) is 11.8. The van der Waals surface area contributed by atoms with Crippen molar-refractivity contribution in [3.05, 3.63) is 11.4 Å². The van der Waals surface area contributed by atoms with Crippen LogP contribution in [-0.2, 0) is 5.41 Å². The first-order valence-electron chi connectivity index (χ1n) is 6.69. The average Bonchev–Trinajstić information content (AvgIpc) is 2.75. The third kappa shape index (κ3) is 2.74. The van der Waals surface area contributed by atoms with Gasteiger partial charge in [0.05, 0.1) is 5.56 Å². The van der Waals surface area contributed by atoms with E-state index in [-0.39, 0.29) is 5.41 Å². The summed E-state index contributed by atoms with van der Waals surface area (Å²) >= 11 is 0. The van der Waals surface area contributed by atoms with E-state index in [0.29, 0.717) is 17.8 Å². The Hall–Kier alpha value is -1.32. The van der Waals surface area contributed by atoms with Crippen molar-refractivity contribution in [2.75, 3.05) is 5.73 Å². The van der Waals surface area contributed by atoms with Gasteiger partial charge >= 0.3 is 0 Å². The number of nitrogens with zero attached hydrogens (tertiary/aromatic N) is 2. The molecule has 1 saturated carbocycles. The number of nitrogens with two attached hydrogens (primary N) is 1.